The minimum atomic E-state index is -0.171. The zero-order valence-corrected chi connectivity index (χ0v) is 43.9. The van der Waals surface area contributed by atoms with Crippen molar-refractivity contribution in [3.8, 4) is 11.5 Å². The third-order valence-corrected chi connectivity index (χ3v) is 17.8. The topological polar surface area (TPSA) is 25.4 Å². The summed E-state index contributed by atoms with van der Waals surface area (Å²) in [6, 6.07) is 103. The van der Waals surface area contributed by atoms with Crippen LogP contribution in [-0.4, -0.2) is 20.1 Å². The molecule has 0 bridgehead atoms. The van der Waals surface area contributed by atoms with Gasteiger partial charge in [-0.15, -0.1) is 0 Å². The molecule has 6 nitrogen and oxygen atoms in total. The maximum atomic E-state index is 6.89. The molecule has 0 aliphatic carbocycles. The van der Waals surface area contributed by atoms with E-state index in [9.17, 15) is 0 Å². The van der Waals surface area contributed by atoms with Crippen LogP contribution in [0, 0.1) is 0 Å². The lowest BCUT2D eigenvalue weighted by atomic mass is 9.29. The SMILES string of the molecule is c1ccc(N2c3cc4c(cc3B3c5ccccc5Oc5cccc2c53)B2c3cc5c(cc3N(c3ccccc3)c3cccc(c32)N4c2ccccc2)N(c2ccccc2)c2cccc3c2B5c2ccccc2N3c2ccccc2)cc1. The van der Waals surface area contributed by atoms with Crippen molar-refractivity contribution in [2.24, 2.45) is 0 Å². The largest absolute Gasteiger partial charge is 0.458 e. The summed E-state index contributed by atoms with van der Waals surface area (Å²) >= 11 is 0. The van der Waals surface area contributed by atoms with Crippen molar-refractivity contribution in [1.29, 1.82) is 0 Å². The van der Waals surface area contributed by atoms with Gasteiger partial charge in [0.15, 0.2) is 0 Å². The van der Waals surface area contributed by atoms with E-state index in [1.807, 2.05) is 0 Å². The minimum Gasteiger partial charge on any atom is -0.458 e. The van der Waals surface area contributed by atoms with E-state index in [1.54, 1.807) is 0 Å². The molecule has 0 saturated carbocycles. The number of anilines is 15. The summed E-state index contributed by atoms with van der Waals surface area (Å²) in [5, 5.41) is 0. The average molecular weight is 1030 g/mol. The summed E-state index contributed by atoms with van der Waals surface area (Å²) in [4.78, 5) is 12.6. The van der Waals surface area contributed by atoms with Gasteiger partial charge in [0.25, 0.3) is 20.1 Å². The first kappa shape index (κ1) is 44.6. The van der Waals surface area contributed by atoms with Crippen molar-refractivity contribution in [2.45, 2.75) is 0 Å². The van der Waals surface area contributed by atoms with Gasteiger partial charge in [0.1, 0.15) is 11.5 Å². The van der Waals surface area contributed by atoms with Gasteiger partial charge in [-0.25, -0.2) is 0 Å². The standard InChI is InChI=1S/C72H46B3N5O/c1-6-23-47(24-7-1)76-58-35-18-16-33-52(58)73-54-43-56-66(45-64(54)77(48-25-8-2-9-26-48)60-37-20-36-59(76)70(60)73)78(49-27-10-3-11-28-49)61-38-21-39-62-71(61)75(56)57-44-55-65(46-67(57)79(62)50-29-12-4-13-30-50)80(51-31-14-5-15-32-51)63-40-22-42-69-72(63)74(55)53-34-17-19-41-68(53)81-69/h1-46H. The molecule has 0 fully saturated rings. The Bertz CT molecular complexity index is 4550. The monoisotopic (exact) mass is 1030 g/mol. The summed E-state index contributed by atoms with van der Waals surface area (Å²) in [6.45, 7) is -0.332. The third kappa shape index (κ3) is 6.26. The molecule has 0 saturated heterocycles. The number of fused-ring (bicyclic) bond motifs is 12. The first-order valence-corrected chi connectivity index (χ1v) is 28.1. The van der Waals surface area contributed by atoms with E-state index in [1.165, 1.54) is 83.3 Å². The molecule has 6 aliphatic heterocycles. The number of hydrogen-bond acceptors (Lipinski definition) is 6. The zero-order chi connectivity index (χ0) is 52.9. The van der Waals surface area contributed by atoms with Crippen LogP contribution in [0.15, 0.2) is 279 Å². The van der Waals surface area contributed by atoms with Crippen molar-refractivity contribution in [1.82, 2.24) is 0 Å². The molecule has 12 aromatic rings. The lowest BCUT2D eigenvalue weighted by Gasteiger charge is -2.48. The van der Waals surface area contributed by atoms with Gasteiger partial charge in [-0.1, -0.05) is 158 Å². The lowest BCUT2D eigenvalue weighted by molar-refractivity contribution is 0.487. The molecule has 374 valence electrons. The third-order valence-electron chi connectivity index (χ3n) is 17.8. The highest BCUT2D eigenvalue weighted by Crippen LogP contribution is 2.50. The van der Waals surface area contributed by atoms with Gasteiger partial charge in [-0.3, -0.25) is 0 Å². The molecule has 6 aliphatic rings. The molecule has 0 spiro atoms. The fourth-order valence-electron chi connectivity index (χ4n) is 14.7. The van der Waals surface area contributed by atoms with E-state index < -0.39 is 0 Å². The fourth-order valence-corrected chi connectivity index (χ4v) is 14.7. The number of ether oxygens (including phenoxy) is 1. The Morgan fingerprint density at radius 1 is 0.198 bits per heavy atom. The van der Waals surface area contributed by atoms with Crippen LogP contribution in [0.4, 0.5) is 85.3 Å². The van der Waals surface area contributed by atoms with Gasteiger partial charge in [0.2, 0.25) is 0 Å². The maximum Gasteiger partial charge on any atom is 0.256 e. The molecular weight excluding hydrogens is 983 g/mol. The zero-order valence-electron chi connectivity index (χ0n) is 43.9. The minimum absolute atomic E-state index is 0.0741. The first-order chi connectivity index (χ1) is 40.2. The van der Waals surface area contributed by atoms with Crippen LogP contribution in [0.1, 0.15) is 0 Å². The second-order valence-electron chi connectivity index (χ2n) is 21.9. The molecule has 6 heterocycles. The molecular formula is C72H46B3N5O. The normalized spacial score (nSPS) is 14.1. The van der Waals surface area contributed by atoms with Crippen molar-refractivity contribution in [3.63, 3.8) is 0 Å². The maximum absolute atomic E-state index is 6.89. The predicted molar refractivity (Wildman–Crippen MR) is 340 cm³/mol. The van der Waals surface area contributed by atoms with Gasteiger partial charge < -0.3 is 29.2 Å². The highest BCUT2D eigenvalue weighted by Gasteiger charge is 2.50. The van der Waals surface area contributed by atoms with E-state index in [-0.39, 0.29) is 20.1 Å². The van der Waals surface area contributed by atoms with Crippen LogP contribution >= 0.6 is 0 Å². The summed E-state index contributed by atoms with van der Waals surface area (Å²) in [7, 11) is 0. The second kappa shape index (κ2) is 17.1. The van der Waals surface area contributed by atoms with E-state index in [4.69, 9.17) is 4.74 Å². The Morgan fingerprint density at radius 3 is 0.901 bits per heavy atom. The molecule has 12 aromatic carbocycles. The van der Waals surface area contributed by atoms with Crippen LogP contribution in [0.3, 0.4) is 0 Å². The fraction of sp³-hybridized carbons (Fsp3) is 0. The van der Waals surface area contributed by atoms with Gasteiger partial charge in [0.05, 0.1) is 0 Å². The first-order valence-electron chi connectivity index (χ1n) is 28.1. The lowest BCUT2D eigenvalue weighted by Crippen LogP contribution is -2.66. The van der Waals surface area contributed by atoms with E-state index in [0.717, 1.165) is 62.7 Å². The summed E-state index contributed by atoms with van der Waals surface area (Å²) < 4.78 is 6.89. The second-order valence-corrected chi connectivity index (χ2v) is 21.9. The number of nitrogens with zero attached hydrogens (tertiary/aromatic N) is 5. The summed E-state index contributed by atoms with van der Waals surface area (Å²) in [5.41, 5.74) is 28.6. The van der Waals surface area contributed by atoms with Gasteiger partial charge in [-0.05, 0) is 170 Å². The van der Waals surface area contributed by atoms with Crippen molar-refractivity contribution in [3.05, 3.63) is 279 Å². The van der Waals surface area contributed by atoms with Crippen LogP contribution in [0.5, 0.6) is 11.5 Å². The molecule has 0 radical (unpaired) electrons. The molecule has 0 unspecified atom stereocenters. The summed E-state index contributed by atoms with van der Waals surface area (Å²) in [6.07, 6.45) is 0. The number of hydrogen-bond donors (Lipinski definition) is 0. The Morgan fingerprint density at radius 2 is 0.481 bits per heavy atom. The molecule has 9 heteroatoms. The van der Waals surface area contributed by atoms with Crippen molar-refractivity contribution in [2.75, 3.05) is 24.5 Å². The molecule has 18 rings (SSSR count). The van der Waals surface area contributed by atoms with Crippen molar-refractivity contribution >= 4 is 155 Å². The molecule has 0 amide bonds. The van der Waals surface area contributed by atoms with Crippen molar-refractivity contribution < 1.29 is 4.74 Å². The molecule has 0 aromatic heterocycles. The van der Waals surface area contributed by atoms with E-state index >= 15 is 0 Å². The van der Waals surface area contributed by atoms with Crippen LogP contribution in [0.2, 0.25) is 0 Å². The van der Waals surface area contributed by atoms with Crippen LogP contribution in [-0.2, 0) is 0 Å². The number of benzene rings is 12. The highest BCUT2D eigenvalue weighted by atomic mass is 16.5. The Labute approximate surface area is 471 Å². The summed E-state index contributed by atoms with van der Waals surface area (Å²) in [5.74, 6) is 1.80. The number of para-hydroxylation sites is 7. The smallest absolute Gasteiger partial charge is 0.256 e. The molecule has 81 heavy (non-hydrogen) atoms. The molecule has 0 N–H and O–H groups in total. The average Bonchev–Trinajstić information content (AvgIpc) is 3.43. The van der Waals surface area contributed by atoms with Gasteiger partial charge in [-0.2, -0.15) is 0 Å². The van der Waals surface area contributed by atoms with E-state index in [0.29, 0.717) is 0 Å². The predicted octanol–water partition coefficient (Wildman–Crippen LogP) is 12.3. The quantitative estimate of drug-likeness (QED) is 0.159. The van der Waals surface area contributed by atoms with E-state index in [2.05, 4.69) is 304 Å². The molecule has 0 atom stereocenters. The van der Waals surface area contributed by atoms with Crippen LogP contribution in [0.25, 0.3) is 0 Å². The Kier molecular flexibility index (Phi) is 9.40. The Balaban J connectivity index is 0.965. The number of rotatable bonds is 5. The highest BCUT2D eigenvalue weighted by molar-refractivity contribution is 7.04. The van der Waals surface area contributed by atoms with Crippen LogP contribution < -0.4 is 78.4 Å². The Hall–Kier alpha value is -10.4. The van der Waals surface area contributed by atoms with Gasteiger partial charge in [0, 0.05) is 85.3 Å². The van der Waals surface area contributed by atoms with Gasteiger partial charge >= 0.3 is 0 Å².